The number of rotatable bonds is 5. The molecule has 0 amide bonds. The topological polar surface area (TPSA) is 12.0 Å². The molecule has 0 aliphatic rings. The second-order valence-corrected chi connectivity index (χ2v) is 5.62. The highest BCUT2D eigenvalue weighted by molar-refractivity contribution is 9.10. The molecular formula is C14H22BrN. The summed E-state index contributed by atoms with van der Waals surface area (Å²) < 4.78 is 1.21. The van der Waals surface area contributed by atoms with Crippen molar-refractivity contribution in [3.05, 3.63) is 33.8 Å². The standard InChI is InChI=1S/C14H22BrN/c1-5-16-14(8-10(2)3)12-9-11(4)6-7-13(12)15/h6-7,9-10,14,16H,5,8H2,1-4H3. The Balaban J connectivity index is 2.94. The molecule has 0 fully saturated rings. The molecule has 1 rings (SSSR count). The molecule has 1 unspecified atom stereocenters. The van der Waals surface area contributed by atoms with Crippen molar-refractivity contribution in [3.63, 3.8) is 0 Å². The molecule has 0 aliphatic carbocycles. The van der Waals surface area contributed by atoms with Crippen LogP contribution in [-0.2, 0) is 0 Å². The Labute approximate surface area is 108 Å². The minimum Gasteiger partial charge on any atom is -0.310 e. The molecular weight excluding hydrogens is 262 g/mol. The van der Waals surface area contributed by atoms with Crippen LogP contribution in [0, 0.1) is 12.8 Å². The van der Waals surface area contributed by atoms with Gasteiger partial charge in [-0.25, -0.2) is 0 Å². The van der Waals surface area contributed by atoms with Crippen LogP contribution in [0.1, 0.15) is 44.4 Å². The summed E-state index contributed by atoms with van der Waals surface area (Å²) in [5.41, 5.74) is 2.71. The van der Waals surface area contributed by atoms with E-state index < -0.39 is 0 Å². The van der Waals surface area contributed by atoms with Gasteiger partial charge in [0.1, 0.15) is 0 Å². The van der Waals surface area contributed by atoms with Crippen LogP contribution >= 0.6 is 15.9 Å². The summed E-state index contributed by atoms with van der Waals surface area (Å²) >= 11 is 3.65. The molecule has 0 saturated heterocycles. The molecule has 0 heterocycles. The molecule has 1 aromatic rings. The summed E-state index contributed by atoms with van der Waals surface area (Å²) in [6.07, 6.45) is 1.18. The summed E-state index contributed by atoms with van der Waals surface area (Å²) in [7, 11) is 0. The minimum absolute atomic E-state index is 0.458. The number of hydrogen-bond donors (Lipinski definition) is 1. The molecule has 0 radical (unpaired) electrons. The van der Waals surface area contributed by atoms with E-state index in [4.69, 9.17) is 0 Å². The molecule has 0 spiro atoms. The molecule has 90 valence electrons. The van der Waals surface area contributed by atoms with Gasteiger partial charge in [0.05, 0.1) is 0 Å². The van der Waals surface area contributed by atoms with Crippen molar-refractivity contribution in [1.29, 1.82) is 0 Å². The van der Waals surface area contributed by atoms with Crippen LogP contribution in [0.25, 0.3) is 0 Å². The van der Waals surface area contributed by atoms with E-state index in [0.29, 0.717) is 12.0 Å². The Morgan fingerprint density at radius 2 is 2.00 bits per heavy atom. The van der Waals surface area contributed by atoms with Gasteiger partial charge in [-0.3, -0.25) is 0 Å². The number of nitrogens with one attached hydrogen (secondary N) is 1. The summed E-state index contributed by atoms with van der Waals surface area (Å²) in [6.45, 7) is 9.87. The van der Waals surface area contributed by atoms with E-state index in [2.05, 4.69) is 67.1 Å². The summed E-state index contributed by atoms with van der Waals surface area (Å²) in [5.74, 6) is 0.705. The van der Waals surface area contributed by atoms with E-state index in [1.54, 1.807) is 0 Å². The van der Waals surface area contributed by atoms with Gasteiger partial charge in [-0.05, 0) is 37.4 Å². The zero-order valence-electron chi connectivity index (χ0n) is 10.7. The van der Waals surface area contributed by atoms with Crippen LogP contribution in [-0.4, -0.2) is 6.54 Å². The smallest absolute Gasteiger partial charge is 0.0333 e. The normalized spacial score (nSPS) is 13.1. The monoisotopic (exact) mass is 283 g/mol. The zero-order chi connectivity index (χ0) is 12.1. The highest BCUT2D eigenvalue weighted by Gasteiger charge is 2.14. The van der Waals surface area contributed by atoms with Gasteiger partial charge in [-0.2, -0.15) is 0 Å². The Morgan fingerprint density at radius 3 is 2.56 bits per heavy atom. The average Bonchev–Trinajstić information content (AvgIpc) is 2.20. The van der Waals surface area contributed by atoms with Gasteiger partial charge in [0, 0.05) is 10.5 Å². The maximum Gasteiger partial charge on any atom is 0.0333 e. The Bertz CT molecular complexity index is 334. The van der Waals surface area contributed by atoms with Crippen LogP contribution in [0.3, 0.4) is 0 Å². The lowest BCUT2D eigenvalue weighted by molar-refractivity contribution is 0.437. The highest BCUT2D eigenvalue weighted by Crippen LogP contribution is 2.28. The van der Waals surface area contributed by atoms with E-state index in [-0.39, 0.29) is 0 Å². The Kier molecular flexibility index (Phi) is 5.50. The molecule has 1 nitrogen and oxygen atoms in total. The van der Waals surface area contributed by atoms with Gasteiger partial charge in [0.15, 0.2) is 0 Å². The molecule has 0 aromatic heterocycles. The number of aryl methyl sites for hydroxylation is 1. The molecule has 0 aliphatic heterocycles. The summed E-state index contributed by atoms with van der Waals surface area (Å²) in [6, 6.07) is 7.03. The molecule has 1 N–H and O–H groups in total. The van der Waals surface area contributed by atoms with Crippen molar-refractivity contribution in [2.24, 2.45) is 5.92 Å². The predicted octanol–water partition coefficient (Wildman–Crippen LogP) is 4.45. The molecule has 1 atom stereocenters. The fourth-order valence-electron chi connectivity index (χ4n) is 1.97. The van der Waals surface area contributed by atoms with E-state index in [1.165, 1.54) is 22.0 Å². The number of benzene rings is 1. The Morgan fingerprint density at radius 1 is 1.31 bits per heavy atom. The molecule has 2 heteroatoms. The first kappa shape index (κ1) is 13.7. The third-order valence-corrected chi connectivity index (χ3v) is 3.41. The summed E-state index contributed by atoms with van der Waals surface area (Å²) in [5, 5.41) is 3.57. The lowest BCUT2D eigenvalue weighted by Gasteiger charge is -2.22. The maximum atomic E-state index is 3.65. The van der Waals surface area contributed by atoms with E-state index in [9.17, 15) is 0 Å². The second-order valence-electron chi connectivity index (χ2n) is 4.76. The minimum atomic E-state index is 0.458. The maximum absolute atomic E-state index is 3.65. The van der Waals surface area contributed by atoms with Crippen molar-refractivity contribution >= 4 is 15.9 Å². The van der Waals surface area contributed by atoms with E-state index in [1.807, 2.05) is 0 Å². The lowest BCUT2D eigenvalue weighted by atomic mass is 9.96. The second kappa shape index (κ2) is 6.41. The Hall–Kier alpha value is -0.340. The van der Waals surface area contributed by atoms with Gasteiger partial charge in [-0.15, -0.1) is 0 Å². The van der Waals surface area contributed by atoms with E-state index >= 15 is 0 Å². The average molecular weight is 284 g/mol. The van der Waals surface area contributed by atoms with Crippen molar-refractivity contribution in [2.45, 2.75) is 40.2 Å². The van der Waals surface area contributed by atoms with Crippen LogP contribution in [0.5, 0.6) is 0 Å². The number of hydrogen-bond acceptors (Lipinski definition) is 1. The quantitative estimate of drug-likeness (QED) is 0.842. The van der Waals surface area contributed by atoms with Gasteiger partial charge in [0.2, 0.25) is 0 Å². The van der Waals surface area contributed by atoms with Crippen molar-refractivity contribution in [2.75, 3.05) is 6.54 Å². The third-order valence-electron chi connectivity index (χ3n) is 2.68. The van der Waals surface area contributed by atoms with Crippen molar-refractivity contribution < 1.29 is 0 Å². The largest absolute Gasteiger partial charge is 0.310 e. The first-order valence-corrected chi connectivity index (χ1v) is 6.83. The molecule has 0 bridgehead atoms. The molecule has 1 aromatic carbocycles. The van der Waals surface area contributed by atoms with Gasteiger partial charge in [-0.1, -0.05) is 54.4 Å². The van der Waals surface area contributed by atoms with Crippen LogP contribution in [0.15, 0.2) is 22.7 Å². The third kappa shape index (κ3) is 3.91. The number of halogens is 1. The lowest BCUT2D eigenvalue weighted by Crippen LogP contribution is -2.22. The van der Waals surface area contributed by atoms with Gasteiger partial charge < -0.3 is 5.32 Å². The molecule has 16 heavy (non-hydrogen) atoms. The SMILES string of the molecule is CCNC(CC(C)C)c1cc(C)ccc1Br. The van der Waals surface area contributed by atoms with Crippen LogP contribution in [0.4, 0.5) is 0 Å². The van der Waals surface area contributed by atoms with Crippen LogP contribution < -0.4 is 5.32 Å². The van der Waals surface area contributed by atoms with Gasteiger partial charge >= 0.3 is 0 Å². The first-order valence-electron chi connectivity index (χ1n) is 6.04. The predicted molar refractivity (Wildman–Crippen MR) is 74.8 cm³/mol. The fourth-order valence-corrected chi connectivity index (χ4v) is 2.49. The molecule has 0 saturated carbocycles. The fraction of sp³-hybridized carbons (Fsp3) is 0.571. The first-order chi connectivity index (χ1) is 7.54. The van der Waals surface area contributed by atoms with E-state index in [0.717, 1.165) is 6.54 Å². The summed E-state index contributed by atoms with van der Waals surface area (Å²) in [4.78, 5) is 0. The van der Waals surface area contributed by atoms with Crippen LogP contribution in [0.2, 0.25) is 0 Å². The van der Waals surface area contributed by atoms with Crippen molar-refractivity contribution in [1.82, 2.24) is 5.32 Å². The zero-order valence-corrected chi connectivity index (χ0v) is 12.3. The highest BCUT2D eigenvalue weighted by atomic mass is 79.9. The van der Waals surface area contributed by atoms with Gasteiger partial charge in [0.25, 0.3) is 0 Å². The van der Waals surface area contributed by atoms with Crippen molar-refractivity contribution in [3.8, 4) is 0 Å².